The summed E-state index contributed by atoms with van der Waals surface area (Å²) in [7, 11) is 0. The number of nitro groups is 1. The van der Waals surface area contributed by atoms with Crippen LogP contribution in [0.3, 0.4) is 0 Å². The third kappa shape index (κ3) is 1.87. The summed E-state index contributed by atoms with van der Waals surface area (Å²) < 4.78 is 28.0. The summed E-state index contributed by atoms with van der Waals surface area (Å²) >= 11 is 0. The topological polar surface area (TPSA) is 73.0 Å². The first-order valence-corrected chi connectivity index (χ1v) is 4.78. The van der Waals surface area contributed by atoms with Crippen LogP contribution >= 0.6 is 0 Å². The predicted octanol–water partition coefficient (Wildman–Crippen LogP) is 0.961. The number of piperidine rings is 1. The molecule has 1 saturated heterocycles. The van der Waals surface area contributed by atoms with Crippen LogP contribution in [-0.2, 0) is 0 Å². The van der Waals surface area contributed by atoms with Gasteiger partial charge in [0.15, 0.2) is 0 Å². The molecule has 1 aliphatic rings. The van der Waals surface area contributed by atoms with Crippen LogP contribution in [0.2, 0.25) is 0 Å². The highest BCUT2D eigenvalue weighted by Crippen LogP contribution is 2.34. The van der Waals surface area contributed by atoms with E-state index in [9.17, 15) is 18.9 Å². The van der Waals surface area contributed by atoms with Gasteiger partial charge in [0.1, 0.15) is 18.4 Å². The zero-order valence-corrected chi connectivity index (χ0v) is 8.27. The molecule has 2 rings (SSSR count). The maximum Gasteiger partial charge on any atom is 0.307 e. The normalized spacial score (nSPS) is 24.2. The monoisotopic (exact) mass is 232 g/mol. The highest BCUT2D eigenvalue weighted by molar-refractivity contribution is 5.21. The van der Waals surface area contributed by atoms with Crippen LogP contribution in [0.5, 0.6) is 0 Å². The highest BCUT2D eigenvalue weighted by atomic mass is 19.3. The smallest absolute Gasteiger partial charge is 0.307 e. The maximum absolute atomic E-state index is 13.5. The number of nitrogens with one attached hydrogen (secondary N) is 1. The van der Waals surface area contributed by atoms with Crippen molar-refractivity contribution in [2.24, 2.45) is 0 Å². The first-order chi connectivity index (χ1) is 7.50. The summed E-state index contributed by atoms with van der Waals surface area (Å²) in [5.74, 6) is -2.88. The first kappa shape index (κ1) is 10.9. The van der Waals surface area contributed by atoms with E-state index in [1.807, 2.05) is 0 Å². The molecule has 0 aliphatic carbocycles. The van der Waals surface area contributed by atoms with Gasteiger partial charge in [0.2, 0.25) is 0 Å². The van der Waals surface area contributed by atoms with E-state index in [0.717, 1.165) is 17.1 Å². The summed E-state index contributed by atoms with van der Waals surface area (Å²) in [5.41, 5.74) is -0.277. The van der Waals surface area contributed by atoms with Gasteiger partial charge in [-0.05, 0) is 0 Å². The minimum atomic E-state index is -2.88. The van der Waals surface area contributed by atoms with Crippen molar-refractivity contribution in [3.63, 3.8) is 0 Å². The zero-order valence-electron chi connectivity index (χ0n) is 8.27. The van der Waals surface area contributed by atoms with Gasteiger partial charge in [-0.3, -0.25) is 14.8 Å². The van der Waals surface area contributed by atoms with Crippen LogP contribution in [-0.4, -0.2) is 33.7 Å². The lowest BCUT2D eigenvalue weighted by atomic mass is 10.0. The van der Waals surface area contributed by atoms with Gasteiger partial charge in [-0.25, -0.2) is 8.78 Å². The number of hydrogen-bond acceptors (Lipinski definition) is 4. The lowest BCUT2D eigenvalue weighted by Crippen LogP contribution is -2.45. The minimum Gasteiger partial charge on any atom is -0.314 e. The Morgan fingerprint density at radius 3 is 3.00 bits per heavy atom. The molecule has 1 N–H and O–H groups in total. The summed E-state index contributed by atoms with van der Waals surface area (Å²) in [4.78, 5) is 9.75. The summed E-state index contributed by atoms with van der Waals surface area (Å²) in [5, 5.41) is 16.8. The van der Waals surface area contributed by atoms with Crippen LogP contribution in [0.25, 0.3) is 0 Å². The Morgan fingerprint density at radius 2 is 2.44 bits per heavy atom. The largest absolute Gasteiger partial charge is 0.314 e. The molecular formula is C8H10F2N4O2. The third-order valence-corrected chi connectivity index (χ3v) is 2.58. The molecule has 1 fully saturated rings. The van der Waals surface area contributed by atoms with Crippen molar-refractivity contribution in [2.45, 2.75) is 18.4 Å². The van der Waals surface area contributed by atoms with E-state index in [1.165, 1.54) is 0 Å². The highest BCUT2D eigenvalue weighted by Gasteiger charge is 2.43. The van der Waals surface area contributed by atoms with Gasteiger partial charge in [0.25, 0.3) is 5.92 Å². The van der Waals surface area contributed by atoms with Crippen molar-refractivity contribution in [1.29, 1.82) is 0 Å². The second kappa shape index (κ2) is 3.78. The number of aromatic nitrogens is 2. The Kier molecular flexibility index (Phi) is 2.58. The minimum absolute atomic E-state index is 0.0613. The average Bonchev–Trinajstić information content (AvgIpc) is 2.65. The van der Waals surface area contributed by atoms with Crippen LogP contribution in [0.15, 0.2) is 12.4 Å². The fraction of sp³-hybridized carbons (Fsp3) is 0.625. The van der Waals surface area contributed by atoms with Crippen LogP contribution < -0.4 is 5.32 Å². The average molecular weight is 232 g/mol. The first-order valence-electron chi connectivity index (χ1n) is 4.78. The molecule has 8 heteroatoms. The molecule has 0 bridgehead atoms. The molecule has 6 nitrogen and oxygen atoms in total. The molecule has 0 aromatic carbocycles. The lowest BCUT2D eigenvalue weighted by molar-refractivity contribution is -0.385. The van der Waals surface area contributed by atoms with E-state index in [1.54, 1.807) is 0 Å². The molecule has 0 radical (unpaired) electrons. The summed E-state index contributed by atoms with van der Waals surface area (Å²) in [6.45, 7) is 0.304. The molecule has 0 saturated carbocycles. The van der Waals surface area contributed by atoms with Gasteiger partial charge in [-0.1, -0.05) is 0 Å². The van der Waals surface area contributed by atoms with Crippen molar-refractivity contribution in [2.75, 3.05) is 13.1 Å². The lowest BCUT2D eigenvalue weighted by Gasteiger charge is -2.31. The van der Waals surface area contributed by atoms with Gasteiger partial charge >= 0.3 is 5.69 Å². The molecular weight excluding hydrogens is 222 g/mol. The van der Waals surface area contributed by atoms with E-state index in [2.05, 4.69) is 10.4 Å². The van der Waals surface area contributed by atoms with Gasteiger partial charge < -0.3 is 5.32 Å². The molecule has 1 aromatic rings. The maximum atomic E-state index is 13.5. The quantitative estimate of drug-likeness (QED) is 0.608. The number of hydrogen-bond donors (Lipinski definition) is 1. The van der Waals surface area contributed by atoms with Crippen LogP contribution in [0.1, 0.15) is 12.5 Å². The van der Waals surface area contributed by atoms with E-state index in [4.69, 9.17) is 0 Å². The molecule has 0 spiro atoms. The molecule has 2 heterocycles. The van der Waals surface area contributed by atoms with Crippen molar-refractivity contribution < 1.29 is 13.7 Å². The van der Waals surface area contributed by atoms with Gasteiger partial charge in [-0.2, -0.15) is 5.10 Å². The van der Waals surface area contributed by atoms with Crippen molar-refractivity contribution in [3.05, 3.63) is 22.5 Å². The van der Waals surface area contributed by atoms with E-state index in [0.29, 0.717) is 0 Å². The van der Waals surface area contributed by atoms with E-state index < -0.39 is 16.9 Å². The van der Waals surface area contributed by atoms with Gasteiger partial charge in [-0.15, -0.1) is 0 Å². The molecule has 1 unspecified atom stereocenters. The second-order valence-corrected chi connectivity index (χ2v) is 3.67. The van der Waals surface area contributed by atoms with Crippen molar-refractivity contribution in [3.8, 4) is 0 Å². The number of halogens is 2. The number of nitrogens with zero attached hydrogens (tertiary/aromatic N) is 3. The number of rotatable bonds is 2. The Hall–Kier alpha value is -1.57. The Morgan fingerprint density at radius 1 is 1.69 bits per heavy atom. The van der Waals surface area contributed by atoms with Crippen LogP contribution in [0.4, 0.5) is 14.5 Å². The second-order valence-electron chi connectivity index (χ2n) is 3.67. The van der Waals surface area contributed by atoms with Crippen molar-refractivity contribution in [1.82, 2.24) is 15.1 Å². The summed E-state index contributed by atoms with van der Waals surface area (Å²) in [6.07, 6.45) is 1.72. The van der Waals surface area contributed by atoms with E-state index >= 15 is 0 Å². The molecule has 88 valence electrons. The fourth-order valence-electron chi connectivity index (χ4n) is 1.69. The molecule has 1 aromatic heterocycles. The Bertz CT molecular complexity index is 406. The standard InChI is InChI=1S/C8H10F2N4O2/c9-8(10)1-2-11-4-7(8)13-5-6(3-12-13)14(15)16/h3,5,7,11H,1-2,4H2. The molecule has 1 atom stereocenters. The SMILES string of the molecule is O=[N+]([O-])c1cnn(C2CNCCC2(F)F)c1. The third-order valence-electron chi connectivity index (χ3n) is 2.58. The number of alkyl halides is 2. The zero-order chi connectivity index (χ0) is 11.8. The molecule has 0 amide bonds. The van der Waals surface area contributed by atoms with E-state index in [-0.39, 0.29) is 25.2 Å². The summed E-state index contributed by atoms with van der Waals surface area (Å²) in [6, 6.07) is -1.16. The van der Waals surface area contributed by atoms with Gasteiger partial charge in [0.05, 0.1) is 4.92 Å². The van der Waals surface area contributed by atoms with Gasteiger partial charge in [0, 0.05) is 19.5 Å². The molecule has 1 aliphatic heterocycles. The Balaban J connectivity index is 2.25. The Labute approximate surface area is 89.4 Å². The van der Waals surface area contributed by atoms with Crippen molar-refractivity contribution >= 4 is 5.69 Å². The predicted molar refractivity (Wildman–Crippen MR) is 50.4 cm³/mol. The molecule has 16 heavy (non-hydrogen) atoms. The fourth-order valence-corrected chi connectivity index (χ4v) is 1.69. The van der Waals surface area contributed by atoms with Crippen LogP contribution in [0, 0.1) is 10.1 Å².